The lowest BCUT2D eigenvalue weighted by atomic mass is 10.2. The Balaban J connectivity index is 1.58. The molecule has 3 heterocycles. The van der Waals surface area contributed by atoms with Crippen LogP contribution in [0.1, 0.15) is 44.5 Å². The van der Waals surface area contributed by atoms with Crippen LogP contribution in [0.2, 0.25) is 0 Å². The van der Waals surface area contributed by atoms with Crippen molar-refractivity contribution in [1.29, 1.82) is 0 Å². The largest absolute Gasteiger partial charge is 0.368 e. The molecule has 1 N–H and O–H groups in total. The summed E-state index contributed by atoms with van der Waals surface area (Å²) in [6, 6.07) is 7.48. The molecular weight excluding hydrogens is 344 g/mol. The van der Waals surface area contributed by atoms with Crippen LogP contribution in [0.25, 0.3) is 11.0 Å². The molecule has 2 aliphatic rings. The summed E-state index contributed by atoms with van der Waals surface area (Å²) in [5.41, 5.74) is 1.75. The fraction of sp³-hybridized carbons (Fsp3) is 0.550. The molecule has 2 saturated heterocycles. The lowest BCUT2D eigenvalue weighted by Gasteiger charge is -2.20. The molecule has 2 atom stereocenters. The first kappa shape index (κ1) is 18.0. The van der Waals surface area contributed by atoms with Crippen molar-refractivity contribution in [2.45, 2.75) is 51.3 Å². The Hall–Kier alpha value is -2.41. The van der Waals surface area contributed by atoms with E-state index in [9.17, 15) is 9.59 Å². The maximum Gasteiger partial charge on any atom is 0.249 e. The zero-order valence-electron chi connectivity index (χ0n) is 15.7. The van der Waals surface area contributed by atoms with Gasteiger partial charge in [-0.2, -0.15) is 0 Å². The van der Waals surface area contributed by atoms with Crippen molar-refractivity contribution in [3.8, 4) is 0 Å². The van der Waals surface area contributed by atoms with Gasteiger partial charge in [0.25, 0.3) is 0 Å². The van der Waals surface area contributed by atoms with E-state index in [0.717, 1.165) is 49.8 Å². The Bertz CT molecular complexity index is 835. The Morgan fingerprint density at radius 3 is 2.78 bits per heavy atom. The van der Waals surface area contributed by atoms with Gasteiger partial charge in [0, 0.05) is 19.7 Å². The molecule has 0 bridgehead atoms. The fourth-order valence-electron chi connectivity index (χ4n) is 3.95. The summed E-state index contributed by atoms with van der Waals surface area (Å²) in [5, 5.41) is 3.01. The van der Waals surface area contributed by atoms with Crippen molar-refractivity contribution in [3.63, 3.8) is 0 Å². The minimum Gasteiger partial charge on any atom is -0.368 e. The van der Waals surface area contributed by atoms with Crippen LogP contribution in [0, 0.1) is 0 Å². The predicted molar refractivity (Wildman–Crippen MR) is 101 cm³/mol. The average molecular weight is 370 g/mol. The molecule has 7 heteroatoms. The molecule has 7 nitrogen and oxygen atoms in total. The Morgan fingerprint density at radius 1 is 1.26 bits per heavy atom. The summed E-state index contributed by atoms with van der Waals surface area (Å²) in [6.45, 7) is 4.44. The van der Waals surface area contributed by atoms with Crippen molar-refractivity contribution in [3.05, 3.63) is 30.1 Å². The monoisotopic (exact) mass is 370 g/mol. The predicted octanol–water partition coefficient (Wildman–Crippen LogP) is 2.01. The molecule has 2 amide bonds. The number of rotatable bonds is 5. The van der Waals surface area contributed by atoms with Crippen LogP contribution in [0.15, 0.2) is 24.3 Å². The molecular formula is C20H26N4O3. The summed E-state index contributed by atoms with van der Waals surface area (Å²) in [7, 11) is 0. The van der Waals surface area contributed by atoms with E-state index in [0.29, 0.717) is 12.4 Å². The standard InChI is InChI=1S/C20H26N4O3/c1-14(21-20(26)17-9-6-12-27-17)19-22-15-7-2-3-8-16(15)24(19)13-18(25)23-10-4-5-11-23/h2-3,7-8,14,17H,4-6,9-13H2,1H3,(H,21,26). The number of fused-ring (bicyclic) bond motifs is 1. The van der Waals surface area contributed by atoms with E-state index in [1.54, 1.807) is 0 Å². The molecule has 0 saturated carbocycles. The van der Waals surface area contributed by atoms with Gasteiger partial charge in [-0.25, -0.2) is 4.98 Å². The Labute approximate surface area is 158 Å². The highest BCUT2D eigenvalue weighted by atomic mass is 16.5. The zero-order chi connectivity index (χ0) is 18.8. The quantitative estimate of drug-likeness (QED) is 0.874. The van der Waals surface area contributed by atoms with E-state index in [-0.39, 0.29) is 30.5 Å². The van der Waals surface area contributed by atoms with Crippen molar-refractivity contribution in [2.75, 3.05) is 19.7 Å². The number of nitrogens with one attached hydrogen (secondary N) is 1. The number of imidazole rings is 1. The van der Waals surface area contributed by atoms with Crippen LogP contribution < -0.4 is 5.32 Å². The molecule has 0 radical (unpaired) electrons. The smallest absolute Gasteiger partial charge is 0.249 e. The van der Waals surface area contributed by atoms with Gasteiger partial charge >= 0.3 is 0 Å². The minimum absolute atomic E-state index is 0.106. The normalized spacial score (nSPS) is 20.9. The molecule has 0 aliphatic carbocycles. The fourth-order valence-corrected chi connectivity index (χ4v) is 3.95. The zero-order valence-corrected chi connectivity index (χ0v) is 15.7. The molecule has 2 fully saturated rings. The molecule has 1 aromatic heterocycles. The number of hydrogen-bond acceptors (Lipinski definition) is 4. The van der Waals surface area contributed by atoms with E-state index in [1.807, 2.05) is 40.7 Å². The first-order valence-electron chi connectivity index (χ1n) is 9.78. The summed E-state index contributed by atoms with van der Waals surface area (Å²) in [5.74, 6) is 0.703. The molecule has 27 heavy (non-hydrogen) atoms. The number of hydrogen-bond donors (Lipinski definition) is 1. The number of carbonyl (C=O) groups is 2. The first-order chi connectivity index (χ1) is 13.1. The highest BCUT2D eigenvalue weighted by Crippen LogP contribution is 2.22. The molecule has 2 unspecified atom stereocenters. The van der Waals surface area contributed by atoms with E-state index in [4.69, 9.17) is 9.72 Å². The summed E-state index contributed by atoms with van der Waals surface area (Å²) < 4.78 is 7.41. The van der Waals surface area contributed by atoms with Gasteiger partial charge in [-0.3, -0.25) is 9.59 Å². The Kier molecular flexibility index (Phi) is 5.11. The van der Waals surface area contributed by atoms with Crippen LogP contribution in [0.5, 0.6) is 0 Å². The molecule has 2 aromatic rings. The third kappa shape index (κ3) is 3.69. The second-order valence-electron chi connectivity index (χ2n) is 7.36. The summed E-state index contributed by atoms with van der Waals surface area (Å²) in [4.78, 5) is 31.8. The summed E-state index contributed by atoms with van der Waals surface area (Å²) in [6.07, 6.45) is 3.42. The molecule has 0 spiro atoms. The third-order valence-electron chi connectivity index (χ3n) is 5.40. The third-order valence-corrected chi connectivity index (χ3v) is 5.40. The van der Waals surface area contributed by atoms with Gasteiger partial charge in [0.15, 0.2) is 0 Å². The van der Waals surface area contributed by atoms with Gasteiger partial charge in [0.1, 0.15) is 18.5 Å². The molecule has 144 valence electrons. The van der Waals surface area contributed by atoms with E-state index in [1.165, 1.54) is 0 Å². The second kappa shape index (κ2) is 7.68. The lowest BCUT2D eigenvalue weighted by molar-refractivity contribution is -0.131. The number of aromatic nitrogens is 2. The summed E-state index contributed by atoms with van der Waals surface area (Å²) >= 11 is 0. The van der Waals surface area contributed by atoms with Gasteiger partial charge in [-0.05, 0) is 44.7 Å². The van der Waals surface area contributed by atoms with E-state index < -0.39 is 0 Å². The van der Waals surface area contributed by atoms with Gasteiger partial charge in [0.05, 0.1) is 17.1 Å². The number of ether oxygens (including phenoxy) is 1. The number of amides is 2. The van der Waals surface area contributed by atoms with Crippen LogP contribution in [0.4, 0.5) is 0 Å². The maximum absolute atomic E-state index is 12.7. The highest BCUT2D eigenvalue weighted by molar-refractivity contribution is 5.83. The van der Waals surface area contributed by atoms with Gasteiger partial charge < -0.3 is 19.5 Å². The van der Waals surface area contributed by atoms with Gasteiger partial charge in [-0.1, -0.05) is 12.1 Å². The van der Waals surface area contributed by atoms with E-state index in [2.05, 4.69) is 5.32 Å². The molecule has 2 aliphatic heterocycles. The topological polar surface area (TPSA) is 76.5 Å². The van der Waals surface area contributed by atoms with Crippen molar-refractivity contribution < 1.29 is 14.3 Å². The maximum atomic E-state index is 12.7. The molecule has 4 rings (SSSR count). The van der Waals surface area contributed by atoms with Crippen molar-refractivity contribution in [1.82, 2.24) is 19.8 Å². The van der Waals surface area contributed by atoms with Crippen LogP contribution in [-0.4, -0.2) is 52.1 Å². The van der Waals surface area contributed by atoms with Crippen molar-refractivity contribution in [2.24, 2.45) is 0 Å². The van der Waals surface area contributed by atoms with Crippen LogP contribution in [0.3, 0.4) is 0 Å². The highest BCUT2D eigenvalue weighted by Gasteiger charge is 2.27. The number of likely N-dealkylation sites (tertiary alicyclic amines) is 1. The average Bonchev–Trinajstić information content (AvgIpc) is 3.42. The number of para-hydroxylation sites is 2. The van der Waals surface area contributed by atoms with E-state index >= 15 is 0 Å². The number of benzene rings is 1. The second-order valence-corrected chi connectivity index (χ2v) is 7.36. The minimum atomic E-state index is -0.378. The molecule has 1 aromatic carbocycles. The van der Waals surface area contributed by atoms with Crippen LogP contribution in [-0.2, 0) is 20.9 Å². The lowest BCUT2D eigenvalue weighted by Crippen LogP contribution is -2.37. The Morgan fingerprint density at radius 2 is 2.04 bits per heavy atom. The SMILES string of the molecule is CC(NC(=O)C1CCCO1)c1nc2ccccc2n1CC(=O)N1CCCC1. The van der Waals surface area contributed by atoms with Crippen LogP contribution >= 0.6 is 0 Å². The van der Waals surface area contributed by atoms with Gasteiger partial charge in [0.2, 0.25) is 11.8 Å². The first-order valence-corrected chi connectivity index (χ1v) is 9.78. The van der Waals surface area contributed by atoms with Crippen molar-refractivity contribution >= 4 is 22.8 Å². The number of nitrogens with zero attached hydrogens (tertiary/aromatic N) is 3. The number of carbonyl (C=O) groups excluding carboxylic acids is 2. The van der Waals surface area contributed by atoms with Gasteiger partial charge in [-0.15, -0.1) is 0 Å².